The van der Waals surface area contributed by atoms with Crippen molar-refractivity contribution in [3.05, 3.63) is 11.5 Å². The number of hydrogen-bond acceptors (Lipinski definition) is 3. The van der Waals surface area contributed by atoms with Gasteiger partial charge in [-0.15, -0.1) is 11.6 Å². The maximum absolute atomic E-state index is 6.15. The van der Waals surface area contributed by atoms with Crippen LogP contribution in [-0.2, 0) is 17.2 Å². The molecule has 0 aliphatic carbocycles. The maximum atomic E-state index is 6.15. The van der Waals surface area contributed by atoms with Crippen LogP contribution < -0.4 is 0 Å². The summed E-state index contributed by atoms with van der Waals surface area (Å²) in [4.78, 5) is 4.73. The molecule has 0 saturated carbocycles. The SMILES string of the molecule is CCn1nc(C)c2nc(CCl)n(C3CCOC(C)(C)C3)c21. The zero-order valence-corrected chi connectivity index (χ0v) is 13.9. The van der Waals surface area contributed by atoms with Gasteiger partial charge in [0, 0.05) is 19.2 Å². The number of nitrogens with zero attached hydrogens (tertiary/aromatic N) is 4. The molecule has 21 heavy (non-hydrogen) atoms. The number of aromatic nitrogens is 4. The highest BCUT2D eigenvalue weighted by Crippen LogP contribution is 2.36. The fraction of sp³-hybridized carbons (Fsp3) is 0.733. The lowest BCUT2D eigenvalue weighted by molar-refractivity contribution is -0.0689. The number of alkyl halides is 1. The number of fused-ring (bicyclic) bond motifs is 1. The molecule has 1 aliphatic heterocycles. The summed E-state index contributed by atoms with van der Waals surface area (Å²) >= 11 is 6.15. The topological polar surface area (TPSA) is 44.9 Å². The third-order valence-corrected chi connectivity index (χ3v) is 4.51. The lowest BCUT2D eigenvalue weighted by Crippen LogP contribution is -2.35. The van der Waals surface area contributed by atoms with Gasteiger partial charge in [-0.05, 0) is 40.5 Å². The van der Waals surface area contributed by atoms with E-state index >= 15 is 0 Å². The predicted octanol–water partition coefficient (Wildman–Crippen LogP) is 3.43. The molecule has 1 unspecified atom stereocenters. The van der Waals surface area contributed by atoms with Crippen molar-refractivity contribution >= 4 is 22.8 Å². The summed E-state index contributed by atoms with van der Waals surface area (Å²) in [5, 5.41) is 4.59. The Hall–Kier alpha value is -1.07. The van der Waals surface area contributed by atoms with Gasteiger partial charge in [0.15, 0.2) is 5.65 Å². The summed E-state index contributed by atoms with van der Waals surface area (Å²) in [6, 6.07) is 0.369. The van der Waals surface area contributed by atoms with Crippen LogP contribution in [0.15, 0.2) is 0 Å². The van der Waals surface area contributed by atoms with Crippen molar-refractivity contribution in [3.63, 3.8) is 0 Å². The minimum atomic E-state index is -0.102. The lowest BCUT2D eigenvalue weighted by atomic mass is 9.93. The summed E-state index contributed by atoms with van der Waals surface area (Å²) in [6.07, 6.45) is 1.96. The number of halogens is 1. The number of hydrogen-bond donors (Lipinski definition) is 0. The first kappa shape index (κ1) is 14.9. The van der Waals surface area contributed by atoms with Crippen molar-refractivity contribution < 1.29 is 4.74 Å². The molecule has 5 nitrogen and oxygen atoms in total. The van der Waals surface area contributed by atoms with Gasteiger partial charge in [0.05, 0.1) is 17.2 Å². The van der Waals surface area contributed by atoms with E-state index in [-0.39, 0.29) is 5.60 Å². The Bertz CT molecular complexity index is 658. The smallest absolute Gasteiger partial charge is 0.159 e. The minimum Gasteiger partial charge on any atom is -0.375 e. The molecular weight excluding hydrogens is 288 g/mol. The molecule has 0 N–H and O–H groups in total. The number of ether oxygens (including phenoxy) is 1. The third-order valence-electron chi connectivity index (χ3n) is 4.27. The molecule has 1 fully saturated rings. The fourth-order valence-corrected chi connectivity index (χ4v) is 3.54. The highest BCUT2D eigenvalue weighted by atomic mass is 35.5. The molecular formula is C15H23ClN4O. The zero-order chi connectivity index (χ0) is 15.2. The van der Waals surface area contributed by atoms with E-state index in [2.05, 4.69) is 30.4 Å². The third kappa shape index (κ3) is 2.46. The monoisotopic (exact) mass is 310 g/mol. The van der Waals surface area contributed by atoms with E-state index in [1.54, 1.807) is 0 Å². The molecule has 6 heteroatoms. The van der Waals surface area contributed by atoms with Crippen LogP contribution in [0, 0.1) is 6.92 Å². The van der Waals surface area contributed by atoms with E-state index in [9.17, 15) is 0 Å². The van der Waals surface area contributed by atoms with Gasteiger partial charge < -0.3 is 9.30 Å². The average molecular weight is 311 g/mol. The van der Waals surface area contributed by atoms with Crippen molar-refractivity contribution in [3.8, 4) is 0 Å². The quantitative estimate of drug-likeness (QED) is 0.816. The van der Waals surface area contributed by atoms with Crippen LogP contribution in [0.25, 0.3) is 11.2 Å². The van der Waals surface area contributed by atoms with Gasteiger partial charge >= 0.3 is 0 Å². The van der Waals surface area contributed by atoms with E-state index in [1.807, 2.05) is 11.6 Å². The van der Waals surface area contributed by atoms with Crippen LogP contribution in [0.5, 0.6) is 0 Å². The molecule has 0 aromatic carbocycles. The van der Waals surface area contributed by atoms with Gasteiger partial charge in [-0.2, -0.15) is 5.10 Å². The minimum absolute atomic E-state index is 0.102. The number of rotatable bonds is 3. The first-order valence-corrected chi connectivity index (χ1v) is 8.14. The average Bonchev–Trinajstić information content (AvgIpc) is 2.95. The van der Waals surface area contributed by atoms with Crippen molar-refractivity contribution in [2.45, 2.75) is 64.6 Å². The molecule has 0 radical (unpaired) electrons. The standard InChI is InChI=1S/C15H23ClN4O/c1-5-19-14-13(10(2)18-19)17-12(9-16)20(14)11-6-7-21-15(3,4)8-11/h11H,5-9H2,1-4H3. The van der Waals surface area contributed by atoms with Gasteiger partial charge in [0.2, 0.25) is 0 Å². The molecule has 3 rings (SSSR count). The molecule has 1 saturated heterocycles. The van der Waals surface area contributed by atoms with E-state index in [0.29, 0.717) is 11.9 Å². The fourth-order valence-electron chi connectivity index (χ4n) is 3.35. The van der Waals surface area contributed by atoms with Crippen molar-refractivity contribution in [1.82, 2.24) is 19.3 Å². The molecule has 2 aromatic rings. The number of aryl methyl sites for hydroxylation is 2. The van der Waals surface area contributed by atoms with E-state index in [0.717, 1.165) is 48.7 Å². The highest BCUT2D eigenvalue weighted by molar-refractivity contribution is 6.16. The first-order chi connectivity index (χ1) is 9.96. The Balaban J connectivity index is 2.15. The van der Waals surface area contributed by atoms with Gasteiger partial charge in [0.1, 0.15) is 11.3 Å². The molecule has 1 atom stereocenters. The highest BCUT2D eigenvalue weighted by Gasteiger charge is 2.33. The van der Waals surface area contributed by atoms with Gasteiger partial charge in [0.25, 0.3) is 0 Å². The molecule has 0 spiro atoms. The molecule has 1 aliphatic rings. The van der Waals surface area contributed by atoms with Crippen LogP contribution in [-0.4, -0.2) is 31.5 Å². The normalized spacial score (nSPS) is 22.0. The maximum Gasteiger partial charge on any atom is 0.159 e. The predicted molar refractivity (Wildman–Crippen MR) is 83.8 cm³/mol. The van der Waals surface area contributed by atoms with Gasteiger partial charge in [-0.3, -0.25) is 0 Å². The largest absolute Gasteiger partial charge is 0.375 e. The Labute approximate surface area is 130 Å². The summed E-state index contributed by atoms with van der Waals surface area (Å²) in [5.41, 5.74) is 2.96. The van der Waals surface area contributed by atoms with Crippen LogP contribution in [0.3, 0.4) is 0 Å². The molecule has 3 heterocycles. The Morgan fingerprint density at radius 2 is 2.19 bits per heavy atom. The molecule has 0 bridgehead atoms. The number of imidazole rings is 1. The summed E-state index contributed by atoms with van der Waals surface area (Å²) < 4.78 is 10.2. The lowest BCUT2D eigenvalue weighted by Gasteiger charge is -2.36. The molecule has 116 valence electrons. The van der Waals surface area contributed by atoms with Crippen LogP contribution in [0.2, 0.25) is 0 Å². The summed E-state index contributed by atoms with van der Waals surface area (Å²) in [7, 11) is 0. The van der Waals surface area contributed by atoms with Crippen molar-refractivity contribution in [2.75, 3.05) is 6.61 Å². The van der Waals surface area contributed by atoms with Crippen molar-refractivity contribution in [1.29, 1.82) is 0 Å². The van der Waals surface area contributed by atoms with E-state index in [4.69, 9.17) is 21.3 Å². The van der Waals surface area contributed by atoms with E-state index < -0.39 is 0 Å². The Morgan fingerprint density at radius 1 is 1.43 bits per heavy atom. The van der Waals surface area contributed by atoms with Crippen LogP contribution >= 0.6 is 11.6 Å². The second-order valence-electron chi connectivity index (χ2n) is 6.36. The zero-order valence-electron chi connectivity index (χ0n) is 13.2. The molecule has 0 amide bonds. The summed E-state index contributed by atoms with van der Waals surface area (Å²) in [5.74, 6) is 1.37. The van der Waals surface area contributed by atoms with Crippen LogP contribution in [0.4, 0.5) is 0 Å². The second kappa shape index (κ2) is 5.29. The Morgan fingerprint density at radius 3 is 2.81 bits per heavy atom. The van der Waals surface area contributed by atoms with Gasteiger partial charge in [-0.25, -0.2) is 9.67 Å². The second-order valence-corrected chi connectivity index (χ2v) is 6.63. The van der Waals surface area contributed by atoms with Crippen LogP contribution in [0.1, 0.15) is 51.2 Å². The molecule has 2 aromatic heterocycles. The Kier molecular flexibility index (Phi) is 3.74. The van der Waals surface area contributed by atoms with Crippen molar-refractivity contribution in [2.24, 2.45) is 0 Å². The first-order valence-electron chi connectivity index (χ1n) is 7.61. The van der Waals surface area contributed by atoms with E-state index in [1.165, 1.54) is 0 Å². The van der Waals surface area contributed by atoms with Gasteiger partial charge in [-0.1, -0.05) is 0 Å². The summed E-state index contributed by atoms with van der Waals surface area (Å²) in [6.45, 7) is 10.0.